The van der Waals surface area contributed by atoms with Gasteiger partial charge in [0, 0.05) is 35.4 Å². The molecule has 5 nitrogen and oxygen atoms in total. The van der Waals surface area contributed by atoms with Gasteiger partial charge in [-0.2, -0.15) is 0 Å². The lowest BCUT2D eigenvalue weighted by Crippen LogP contribution is -2.34. The maximum Gasteiger partial charge on any atom is 0.164 e. The lowest BCUT2D eigenvalue weighted by Gasteiger charge is -2.30. The molecule has 0 atom stereocenters. The smallest absolute Gasteiger partial charge is 0.164 e. The van der Waals surface area contributed by atoms with Crippen molar-refractivity contribution in [2.45, 2.75) is 20.0 Å². The second kappa shape index (κ2) is 6.16. The Balaban J connectivity index is 1.55. The Kier molecular flexibility index (Phi) is 3.63. The average molecular weight is 359 g/mol. The molecule has 3 heterocycles. The van der Waals surface area contributed by atoms with E-state index in [9.17, 15) is 4.39 Å². The van der Waals surface area contributed by atoms with Gasteiger partial charge in [-0.1, -0.05) is 30.3 Å². The minimum atomic E-state index is -0.249. The number of hydrogen-bond acceptors (Lipinski definition) is 4. The highest BCUT2D eigenvalue weighted by atomic mass is 19.1. The van der Waals surface area contributed by atoms with Crippen LogP contribution in [-0.2, 0) is 13.1 Å². The van der Waals surface area contributed by atoms with Crippen molar-refractivity contribution in [3.05, 3.63) is 71.9 Å². The van der Waals surface area contributed by atoms with Gasteiger partial charge >= 0.3 is 0 Å². The molecule has 1 aliphatic rings. The number of aryl methyl sites for hydroxylation is 1. The van der Waals surface area contributed by atoms with Gasteiger partial charge in [0.1, 0.15) is 5.82 Å². The Morgan fingerprint density at radius 2 is 1.81 bits per heavy atom. The molecule has 2 aromatic carbocycles. The van der Waals surface area contributed by atoms with Crippen LogP contribution in [0, 0.1) is 12.7 Å². The van der Waals surface area contributed by atoms with Gasteiger partial charge in [0.05, 0.1) is 12.1 Å². The van der Waals surface area contributed by atoms with Crippen molar-refractivity contribution in [1.82, 2.24) is 19.7 Å². The van der Waals surface area contributed by atoms with E-state index in [0.717, 1.165) is 52.6 Å². The Morgan fingerprint density at radius 1 is 0.963 bits per heavy atom. The molecule has 27 heavy (non-hydrogen) atoms. The Morgan fingerprint density at radius 3 is 2.67 bits per heavy atom. The van der Waals surface area contributed by atoms with E-state index in [2.05, 4.69) is 24.6 Å². The predicted molar refractivity (Wildman–Crippen MR) is 103 cm³/mol. The molecule has 1 aliphatic heterocycles. The Labute approximate surface area is 156 Å². The van der Waals surface area contributed by atoms with Crippen LogP contribution in [0.1, 0.15) is 11.5 Å². The molecule has 6 heteroatoms. The molecule has 4 aromatic rings. The molecular formula is C21H18FN5. The highest BCUT2D eigenvalue weighted by molar-refractivity contribution is 5.92. The molecule has 0 spiro atoms. The highest BCUT2D eigenvalue weighted by Gasteiger charge is 2.23. The van der Waals surface area contributed by atoms with E-state index in [1.165, 1.54) is 6.07 Å². The third kappa shape index (κ3) is 2.73. The zero-order valence-corrected chi connectivity index (χ0v) is 14.9. The van der Waals surface area contributed by atoms with Crippen molar-refractivity contribution in [3.8, 4) is 11.4 Å². The van der Waals surface area contributed by atoms with Gasteiger partial charge in [-0.25, -0.2) is 4.39 Å². The SMILES string of the molecule is Cc1cc(N2CCn3c(nnc3-c3ccccc3)C2)c2cc(F)ccc2n1. The number of aromatic nitrogens is 4. The summed E-state index contributed by atoms with van der Waals surface area (Å²) in [5.41, 5.74) is 3.79. The molecule has 0 fully saturated rings. The van der Waals surface area contributed by atoms with Crippen LogP contribution in [0.2, 0.25) is 0 Å². The molecule has 0 radical (unpaired) electrons. The first-order valence-electron chi connectivity index (χ1n) is 8.98. The summed E-state index contributed by atoms with van der Waals surface area (Å²) in [7, 11) is 0. The largest absolute Gasteiger partial charge is 0.362 e. The van der Waals surface area contributed by atoms with Crippen molar-refractivity contribution >= 4 is 16.6 Å². The predicted octanol–water partition coefficient (Wildman–Crippen LogP) is 3.96. The summed E-state index contributed by atoms with van der Waals surface area (Å²) in [6.45, 7) is 4.19. The fraction of sp³-hybridized carbons (Fsp3) is 0.190. The maximum atomic E-state index is 13.8. The van der Waals surface area contributed by atoms with Gasteiger partial charge in [0.15, 0.2) is 11.6 Å². The van der Waals surface area contributed by atoms with E-state index < -0.39 is 0 Å². The molecule has 0 bridgehead atoms. The van der Waals surface area contributed by atoms with Crippen LogP contribution in [0.25, 0.3) is 22.3 Å². The topological polar surface area (TPSA) is 46.8 Å². The number of anilines is 1. The van der Waals surface area contributed by atoms with E-state index in [1.54, 1.807) is 12.1 Å². The van der Waals surface area contributed by atoms with E-state index in [-0.39, 0.29) is 5.82 Å². The average Bonchev–Trinajstić information content (AvgIpc) is 3.11. The van der Waals surface area contributed by atoms with Gasteiger partial charge in [-0.05, 0) is 31.2 Å². The third-order valence-electron chi connectivity index (χ3n) is 5.00. The van der Waals surface area contributed by atoms with Crippen LogP contribution in [-0.4, -0.2) is 26.3 Å². The first kappa shape index (κ1) is 15.9. The fourth-order valence-electron chi connectivity index (χ4n) is 3.73. The first-order chi connectivity index (χ1) is 13.2. The maximum absolute atomic E-state index is 13.8. The summed E-state index contributed by atoms with van der Waals surface area (Å²) < 4.78 is 16.0. The molecule has 0 aliphatic carbocycles. The molecular weight excluding hydrogens is 341 g/mol. The van der Waals surface area contributed by atoms with Crippen molar-refractivity contribution in [3.63, 3.8) is 0 Å². The number of nitrogens with zero attached hydrogens (tertiary/aromatic N) is 5. The molecule has 134 valence electrons. The number of rotatable bonds is 2. The highest BCUT2D eigenvalue weighted by Crippen LogP contribution is 2.31. The van der Waals surface area contributed by atoms with E-state index >= 15 is 0 Å². The quantitative estimate of drug-likeness (QED) is 0.543. The van der Waals surface area contributed by atoms with Crippen LogP contribution in [0.4, 0.5) is 10.1 Å². The van der Waals surface area contributed by atoms with Crippen molar-refractivity contribution in [2.75, 3.05) is 11.4 Å². The van der Waals surface area contributed by atoms with Crippen molar-refractivity contribution in [2.24, 2.45) is 0 Å². The van der Waals surface area contributed by atoms with Crippen LogP contribution >= 0.6 is 0 Å². The van der Waals surface area contributed by atoms with Gasteiger partial charge in [0.25, 0.3) is 0 Å². The minimum absolute atomic E-state index is 0.249. The van der Waals surface area contributed by atoms with E-state index in [1.807, 2.05) is 43.3 Å². The minimum Gasteiger partial charge on any atom is -0.362 e. The Bertz CT molecular complexity index is 1140. The van der Waals surface area contributed by atoms with Gasteiger partial charge in [0.2, 0.25) is 0 Å². The zero-order chi connectivity index (χ0) is 18.4. The molecule has 0 saturated carbocycles. The number of hydrogen-bond donors (Lipinski definition) is 0. The number of fused-ring (bicyclic) bond motifs is 2. The zero-order valence-electron chi connectivity index (χ0n) is 14.9. The molecule has 0 amide bonds. The fourth-order valence-corrected chi connectivity index (χ4v) is 3.73. The van der Waals surface area contributed by atoms with Gasteiger partial charge < -0.3 is 9.47 Å². The van der Waals surface area contributed by atoms with Gasteiger partial charge in [-0.15, -0.1) is 10.2 Å². The Hall–Kier alpha value is -3.28. The van der Waals surface area contributed by atoms with Crippen LogP contribution < -0.4 is 4.90 Å². The van der Waals surface area contributed by atoms with E-state index in [0.29, 0.717) is 6.54 Å². The number of pyridine rings is 1. The van der Waals surface area contributed by atoms with Gasteiger partial charge in [-0.3, -0.25) is 4.98 Å². The second-order valence-electron chi connectivity index (χ2n) is 6.82. The normalized spacial score (nSPS) is 13.8. The monoisotopic (exact) mass is 359 g/mol. The summed E-state index contributed by atoms with van der Waals surface area (Å²) in [5, 5.41) is 9.65. The second-order valence-corrected chi connectivity index (χ2v) is 6.82. The molecule has 0 saturated heterocycles. The third-order valence-corrected chi connectivity index (χ3v) is 5.00. The van der Waals surface area contributed by atoms with Crippen LogP contribution in [0.5, 0.6) is 0 Å². The first-order valence-corrected chi connectivity index (χ1v) is 8.98. The standard InChI is InChI=1S/C21H18FN5/c1-14-11-19(17-12-16(22)7-8-18(17)23-14)26-9-10-27-20(13-26)24-25-21(27)15-5-3-2-4-6-15/h2-8,11-12H,9-10,13H2,1H3. The summed E-state index contributed by atoms with van der Waals surface area (Å²) in [4.78, 5) is 6.77. The van der Waals surface area contributed by atoms with Crippen molar-refractivity contribution in [1.29, 1.82) is 0 Å². The lowest BCUT2D eigenvalue weighted by atomic mass is 10.1. The summed E-state index contributed by atoms with van der Waals surface area (Å²) >= 11 is 0. The molecule has 0 N–H and O–H groups in total. The molecule has 2 aromatic heterocycles. The summed E-state index contributed by atoms with van der Waals surface area (Å²) in [6, 6.07) is 16.9. The van der Waals surface area contributed by atoms with Crippen molar-refractivity contribution < 1.29 is 4.39 Å². The lowest BCUT2D eigenvalue weighted by molar-refractivity contribution is 0.564. The molecule has 5 rings (SSSR count). The molecule has 0 unspecified atom stereocenters. The summed E-state index contributed by atoms with van der Waals surface area (Å²) in [5.74, 6) is 1.56. The van der Waals surface area contributed by atoms with E-state index in [4.69, 9.17) is 0 Å². The number of benzene rings is 2. The van der Waals surface area contributed by atoms with Crippen LogP contribution in [0.3, 0.4) is 0 Å². The summed E-state index contributed by atoms with van der Waals surface area (Å²) in [6.07, 6.45) is 0. The van der Waals surface area contributed by atoms with Crippen LogP contribution in [0.15, 0.2) is 54.6 Å². The number of halogens is 1.